The molecule has 2 heterocycles. The summed E-state index contributed by atoms with van der Waals surface area (Å²) in [4.78, 5) is 56.2. The maximum absolute atomic E-state index is 14.1. The number of carbonyl (C=O) groups is 4. The molecule has 50 heavy (non-hydrogen) atoms. The molecule has 0 spiro atoms. The molecule has 10 nitrogen and oxygen atoms in total. The maximum atomic E-state index is 14.1. The van der Waals surface area contributed by atoms with E-state index in [0.717, 1.165) is 16.7 Å². The Hall–Kier alpha value is -4.39. The van der Waals surface area contributed by atoms with Crippen LogP contribution in [0.2, 0.25) is 18.1 Å². The van der Waals surface area contributed by atoms with Crippen LogP contribution in [0.25, 0.3) is 0 Å². The zero-order chi connectivity index (χ0) is 36.2. The van der Waals surface area contributed by atoms with E-state index in [9.17, 15) is 19.2 Å². The van der Waals surface area contributed by atoms with Crippen molar-refractivity contribution in [2.24, 2.45) is 0 Å². The van der Waals surface area contributed by atoms with E-state index in [1.165, 1.54) is 21.7 Å². The number of hydroxylamine groups is 2. The first-order valence-corrected chi connectivity index (χ1v) is 20.4. The second kappa shape index (κ2) is 15.2. The van der Waals surface area contributed by atoms with Crippen LogP contribution in [-0.2, 0) is 36.7 Å². The van der Waals surface area contributed by atoms with Crippen molar-refractivity contribution in [3.63, 3.8) is 0 Å². The van der Waals surface area contributed by atoms with Gasteiger partial charge in [0.1, 0.15) is 23.8 Å². The van der Waals surface area contributed by atoms with Crippen LogP contribution in [0.4, 0.5) is 0 Å². The third kappa shape index (κ3) is 8.31. The largest absolute Gasteiger partial charge is 0.497 e. The Bertz CT molecular complexity index is 1740. The first kappa shape index (κ1) is 36.9. The minimum atomic E-state index is -2.55. The van der Waals surface area contributed by atoms with Gasteiger partial charge < -0.3 is 24.2 Å². The van der Waals surface area contributed by atoms with Crippen LogP contribution >= 0.6 is 11.8 Å². The standard InChI is InChI=1S/C38H45N3O7SSi/c1-25-13-17-28(18-14-25)34(43)40(48-50(6,7)38(2,3)4)22-29-24-49-36-32(39-31(42)21-26-11-9-8-10-12-26)35(44)41(36)33(29)37(45)47-23-27-15-19-30(46-5)20-16-27/h8-20,24,32-33,36H,21-23H2,1-7H3,(H,39,42)/t32-,33?,36-/m1/s1. The van der Waals surface area contributed by atoms with Crippen molar-refractivity contribution in [2.45, 2.75) is 76.3 Å². The summed E-state index contributed by atoms with van der Waals surface area (Å²) in [7, 11) is -0.978. The molecule has 3 aromatic carbocycles. The molecule has 0 radical (unpaired) electrons. The Morgan fingerprint density at radius 1 is 0.940 bits per heavy atom. The SMILES string of the molecule is COc1ccc(COC(=O)C2C(CN(O[Si](C)(C)C(C)(C)C)C(=O)c3ccc(C)cc3)=CS[C@@H]3[C@H](NC(=O)Cc4ccccc4)C(=O)N23)cc1. The molecule has 0 bridgehead atoms. The highest BCUT2D eigenvalue weighted by atomic mass is 32.2. The number of hydrogen-bond donors (Lipinski definition) is 1. The molecular weight excluding hydrogens is 671 g/mol. The fraction of sp³-hybridized carbons (Fsp3) is 0.368. The van der Waals surface area contributed by atoms with Crippen LogP contribution in [-0.4, -0.2) is 73.1 Å². The lowest BCUT2D eigenvalue weighted by molar-refractivity contribution is -0.164. The van der Waals surface area contributed by atoms with E-state index in [4.69, 9.17) is 14.0 Å². The number of aryl methyl sites for hydroxylation is 1. The number of thioether (sulfide) groups is 1. The topological polar surface area (TPSA) is 114 Å². The van der Waals surface area contributed by atoms with E-state index in [2.05, 4.69) is 26.1 Å². The summed E-state index contributed by atoms with van der Waals surface area (Å²) in [6.07, 6.45) is 0.122. The van der Waals surface area contributed by atoms with Gasteiger partial charge in [-0.05, 0) is 71.4 Å². The predicted octanol–water partition coefficient (Wildman–Crippen LogP) is 6.02. The van der Waals surface area contributed by atoms with Crippen LogP contribution in [0, 0.1) is 6.92 Å². The zero-order valence-corrected chi connectivity index (χ0v) is 31.4. The summed E-state index contributed by atoms with van der Waals surface area (Å²) in [5, 5.41) is 5.23. The van der Waals surface area contributed by atoms with E-state index in [1.807, 2.05) is 62.5 Å². The van der Waals surface area contributed by atoms with Gasteiger partial charge in [0.05, 0.1) is 20.1 Å². The number of benzene rings is 3. The van der Waals surface area contributed by atoms with Gasteiger partial charge in [0.2, 0.25) is 20.1 Å². The number of rotatable bonds is 12. The Morgan fingerprint density at radius 3 is 2.22 bits per heavy atom. The van der Waals surface area contributed by atoms with Gasteiger partial charge in [-0.3, -0.25) is 14.4 Å². The van der Waals surface area contributed by atoms with E-state index in [1.54, 1.807) is 48.9 Å². The number of carbonyl (C=O) groups excluding carboxylic acids is 4. The molecule has 1 saturated heterocycles. The molecule has 1 unspecified atom stereocenters. The normalized spacial score (nSPS) is 18.7. The quantitative estimate of drug-likeness (QED) is 0.105. The number of hydrogen-bond acceptors (Lipinski definition) is 8. The van der Waals surface area contributed by atoms with Crippen molar-refractivity contribution in [1.82, 2.24) is 15.3 Å². The Kier molecular flexibility index (Phi) is 11.2. The predicted molar refractivity (Wildman–Crippen MR) is 195 cm³/mol. The molecule has 12 heteroatoms. The number of nitrogens with zero attached hydrogens (tertiary/aromatic N) is 2. The van der Waals surface area contributed by atoms with E-state index < -0.39 is 37.7 Å². The fourth-order valence-corrected chi connectivity index (χ4v) is 7.54. The summed E-state index contributed by atoms with van der Waals surface area (Å²) in [6.45, 7) is 12.2. The number of amides is 3. The van der Waals surface area contributed by atoms with Gasteiger partial charge in [0, 0.05) is 5.56 Å². The molecule has 0 aliphatic carbocycles. The molecule has 264 valence electrons. The molecule has 2 aliphatic heterocycles. The van der Waals surface area contributed by atoms with Crippen LogP contribution in [0.1, 0.15) is 47.8 Å². The fourth-order valence-electron chi connectivity index (χ4n) is 5.35. The minimum Gasteiger partial charge on any atom is -0.497 e. The zero-order valence-electron chi connectivity index (χ0n) is 29.6. The van der Waals surface area contributed by atoms with E-state index in [0.29, 0.717) is 16.9 Å². The van der Waals surface area contributed by atoms with Gasteiger partial charge in [0.25, 0.3) is 5.91 Å². The van der Waals surface area contributed by atoms with Crippen LogP contribution in [0.15, 0.2) is 89.8 Å². The molecule has 2 aliphatic rings. The second-order valence-corrected chi connectivity index (χ2v) is 19.8. The minimum absolute atomic E-state index is 0.0316. The van der Waals surface area contributed by atoms with Gasteiger partial charge in [0.15, 0.2) is 6.04 Å². The highest BCUT2D eigenvalue weighted by Crippen LogP contribution is 2.42. The number of esters is 1. The second-order valence-electron chi connectivity index (χ2n) is 14.1. The summed E-state index contributed by atoms with van der Waals surface area (Å²) < 4.78 is 17.7. The van der Waals surface area contributed by atoms with Crippen LogP contribution in [0.5, 0.6) is 5.75 Å². The van der Waals surface area contributed by atoms with Crippen LogP contribution < -0.4 is 10.1 Å². The highest BCUT2D eigenvalue weighted by molar-refractivity contribution is 8.03. The average molecular weight is 716 g/mol. The van der Waals surface area contributed by atoms with E-state index >= 15 is 0 Å². The monoisotopic (exact) mass is 715 g/mol. The van der Waals surface area contributed by atoms with Gasteiger partial charge in [-0.15, -0.1) is 11.8 Å². The number of ether oxygens (including phenoxy) is 2. The van der Waals surface area contributed by atoms with Crippen LogP contribution in [0.3, 0.4) is 0 Å². The molecule has 5 rings (SSSR count). The molecule has 3 aromatic rings. The Morgan fingerprint density at radius 2 is 1.60 bits per heavy atom. The number of nitrogens with one attached hydrogen (secondary N) is 1. The van der Waals surface area contributed by atoms with Crippen molar-refractivity contribution >= 4 is 43.8 Å². The summed E-state index contributed by atoms with van der Waals surface area (Å²) >= 11 is 1.32. The maximum Gasteiger partial charge on any atom is 0.333 e. The molecule has 0 aromatic heterocycles. The third-order valence-electron chi connectivity index (χ3n) is 9.35. The Balaban J connectivity index is 1.43. The van der Waals surface area contributed by atoms with Gasteiger partial charge in [-0.1, -0.05) is 80.9 Å². The lowest BCUT2D eigenvalue weighted by atomic mass is 9.97. The summed E-state index contributed by atoms with van der Waals surface area (Å²) in [5.41, 5.74) is 3.50. The molecule has 3 atom stereocenters. The first-order chi connectivity index (χ1) is 23.7. The number of fused-ring (bicyclic) bond motifs is 1. The van der Waals surface area contributed by atoms with Gasteiger partial charge in [-0.25, -0.2) is 9.86 Å². The molecular formula is C38H45N3O7SSi. The first-order valence-electron chi connectivity index (χ1n) is 16.6. The Labute approximate surface area is 299 Å². The smallest absolute Gasteiger partial charge is 0.333 e. The van der Waals surface area contributed by atoms with Crippen molar-refractivity contribution in [3.8, 4) is 5.75 Å². The van der Waals surface area contributed by atoms with Gasteiger partial charge in [-0.2, -0.15) is 0 Å². The average Bonchev–Trinajstić information content (AvgIpc) is 3.09. The van der Waals surface area contributed by atoms with Crippen molar-refractivity contribution in [3.05, 3.63) is 112 Å². The molecule has 3 amide bonds. The number of β-lactam (4-membered cyclic amide) rings is 1. The highest BCUT2D eigenvalue weighted by Gasteiger charge is 2.56. The molecule has 0 saturated carbocycles. The van der Waals surface area contributed by atoms with Crippen molar-refractivity contribution in [2.75, 3.05) is 13.7 Å². The lowest BCUT2D eigenvalue weighted by Gasteiger charge is -2.52. The molecule has 1 N–H and O–H groups in total. The van der Waals surface area contributed by atoms with E-state index in [-0.39, 0.29) is 36.4 Å². The van der Waals surface area contributed by atoms with Gasteiger partial charge >= 0.3 is 5.97 Å². The summed E-state index contributed by atoms with van der Waals surface area (Å²) in [5.74, 6) is -1.02. The molecule has 1 fully saturated rings. The lowest BCUT2D eigenvalue weighted by Crippen LogP contribution is -2.74. The summed E-state index contributed by atoms with van der Waals surface area (Å²) in [6, 6.07) is 21.7. The van der Waals surface area contributed by atoms with Crippen molar-refractivity contribution in [1.29, 1.82) is 0 Å². The van der Waals surface area contributed by atoms with Crippen molar-refractivity contribution < 1.29 is 33.2 Å². The number of methoxy groups -OCH3 is 1. The third-order valence-corrected chi connectivity index (χ3v) is 14.9.